The Morgan fingerprint density at radius 2 is 1.86 bits per heavy atom. The van der Waals surface area contributed by atoms with Gasteiger partial charge in [0.1, 0.15) is 10.7 Å². The monoisotopic (exact) mass is 332 g/mol. The standard InChI is InChI=1S/C13H11ClF2N2O2S/c1-7-5-8(17)6-11(12(7)15)21(19,20)18-10-4-2-3-9(14)13(10)16/h2-6,18H,17H2,1H3. The number of hydrogen-bond acceptors (Lipinski definition) is 3. The van der Waals surface area contributed by atoms with Gasteiger partial charge in [-0.1, -0.05) is 17.7 Å². The number of hydrogen-bond donors (Lipinski definition) is 2. The first-order valence-corrected chi connectivity index (χ1v) is 7.61. The maximum Gasteiger partial charge on any atom is 0.264 e. The van der Waals surface area contributed by atoms with Crippen LogP contribution >= 0.6 is 11.6 Å². The number of nitrogens with one attached hydrogen (secondary N) is 1. The summed E-state index contributed by atoms with van der Waals surface area (Å²) in [5, 5.41) is -0.251. The van der Waals surface area contributed by atoms with Crippen molar-refractivity contribution in [2.75, 3.05) is 10.5 Å². The second-order valence-electron chi connectivity index (χ2n) is 4.36. The van der Waals surface area contributed by atoms with Gasteiger partial charge in [0, 0.05) is 5.69 Å². The Kier molecular flexibility index (Phi) is 4.06. The third-order valence-corrected chi connectivity index (χ3v) is 4.39. The average Bonchev–Trinajstić information content (AvgIpc) is 2.39. The van der Waals surface area contributed by atoms with Crippen LogP contribution in [0.4, 0.5) is 20.2 Å². The van der Waals surface area contributed by atoms with Crippen LogP contribution < -0.4 is 10.5 Å². The van der Waals surface area contributed by atoms with Crippen LogP contribution in [0.1, 0.15) is 5.56 Å². The molecule has 0 bridgehead atoms. The van der Waals surface area contributed by atoms with E-state index in [4.69, 9.17) is 17.3 Å². The number of nitrogens with two attached hydrogens (primary N) is 1. The fourth-order valence-electron chi connectivity index (χ4n) is 1.74. The summed E-state index contributed by atoms with van der Waals surface area (Å²) in [6.45, 7) is 1.38. The normalized spacial score (nSPS) is 11.4. The Morgan fingerprint density at radius 1 is 1.19 bits per heavy atom. The maximum absolute atomic E-state index is 14.0. The van der Waals surface area contributed by atoms with Gasteiger partial charge in [0.15, 0.2) is 5.82 Å². The number of nitrogen functional groups attached to an aromatic ring is 1. The molecule has 3 N–H and O–H groups in total. The van der Waals surface area contributed by atoms with E-state index in [0.717, 1.165) is 6.07 Å². The average molecular weight is 333 g/mol. The molecule has 0 aliphatic heterocycles. The Morgan fingerprint density at radius 3 is 2.52 bits per heavy atom. The van der Waals surface area contributed by atoms with E-state index in [1.165, 1.54) is 31.2 Å². The summed E-state index contributed by atoms with van der Waals surface area (Å²) in [6, 6.07) is 6.07. The van der Waals surface area contributed by atoms with Crippen molar-refractivity contribution in [2.45, 2.75) is 11.8 Å². The third kappa shape index (κ3) is 3.08. The first-order valence-electron chi connectivity index (χ1n) is 5.75. The lowest BCUT2D eigenvalue weighted by atomic mass is 10.2. The molecule has 8 heteroatoms. The van der Waals surface area contributed by atoms with Crippen LogP contribution in [-0.2, 0) is 10.0 Å². The van der Waals surface area contributed by atoms with Crippen molar-refractivity contribution in [1.29, 1.82) is 0 Å². The van der Waals surface area contributed by atoms with E-state index < -0.39 is 26.6 Å². The molecule has 0 aromatic heterocycles. The van der Waals surface area contributed by atoms with Gasteiger partial charge in [-0.05, 0) is 36.8 Å². The third-order valence-electron chi connectivity index (χ3n) is 2.73. The first-order chi connectivity index (χ1) is 9.72. The van der Waals surface area contributed by atoms with Gasteiger partial charge < -0.3 is 5.73 Å². The minimum Gasteiger partial charge on any atom is -0.399 e. The van der Waals surface area contributed by atoms with Gasteiger partial charge >= 0.3 is 0 Å². The molecule has 0 aliphatic carbocycles. The topological polar surface area (TPSA) is 72.2 Å². The molecule has 2 aromatic rings. The Bertz CT molecular complexity index is 810. The van der Waals surface area contributed by atoms with Crippen molar-refractivity contribution >= 4 is 33.0 Å². The molecular weight excluding hydrogens is 322 g/mol. The Labute approximate surface area is 125 Å². The predicted molar refractivity (Wildman–Crippen MR) is 77.8 cm³/mol. The van der Waals surface area contributed by atoms with Crippen LogP contribution in [0.2, 0.25) is 5.02 Å². The van der Waals surface area contributed by atoms with E-state index in [1.807, 2.05) is 4.72 Å². The van der Waals surface area contributed by atoms with E-state index in [0.29, 0.717) is 0 Å². The molecule has 0 heterocycles. The van der Waals surface area contributed by atoms with Gasteiger partial charge in [0.05, 0.1) is 10.7 Å². The van der Waals surface area contributed by atoms with Gasteiger partial charge in [-0.2, -0.15) is 0 Å². The largest absolute Gasteiger partial charge is 0.399 e. The summed E-state index contributed by atoms with van der Waals surface area (Å²) < 4.78 is 54.0. The smallest absolute Gasteiger partial charge is 0.264 e. The van der Waals surface area contributed by atoms with Gasteiger partial charge in [-0.25, -0.2) is 17.2 Å². The zero-order valence-corrected chi connectivity index (χ0v) is 12.4. The molecule has 4 nitrogen and oxygen atoms in total. The summed E-state index contributed by atoms with van der Waals surface area (Å²) in [5.41, 5.74) is 5.30. The fraction of sp³-hybridized carbons (Fsp3) is 0.0769. The zero-order valence-electron chi connectivity index (χ0n) is 10.8. The lowest BCUT2D eigenvalue weighted by Gasteiger charge is -2.12. The van der Waals surface area contributed by atoms with Crippen LogP contribution in [0.25, 0.3) is 0 Å². The lowest BCUT2D eigenvalue weighted by molar-refractivity contribution is 0.564. The van der Waals surface area contributed by atoms with Crippen LogP contribution in [0.5, 0.6) is 0 Å². The van der Waals surface area contributed by atoms with Gasteiger partial charge in [0.25, 0.3) is 10.0 Å². The highest BCUT2D eigenvalue weighted by Crippen LogP contribution is 2.27. The molecule has 0 atom stereocenters. The molecule has 0 spiro atoms. The summed E-state index contributed by atoms with van der Waals surface area (Å²) in [7, 11) is -4.33. The molecule has 2 rings (SSSR count). The fourth-order valence-corrected chi connectivity index (χ4v) is 3.16. The summed E-state index contributed by atoms with van der Waals surface area (Å²) in [4.78, 5) is -0.653. The van der Waals surface area contributed by atoms with Gasteiger partial charge in [-0.3, -0.25) is 4.72 Å². The molecule has 0 amide bonds. The summed E-state index contributed by atoms with van der Waals surface area (Å²) >= 11 is 5.57. The Hall–Kier alpha value is -1.86. The summed E-state index contributed by atoms with van der Waals surface area (Å²) in [6.07, 6.45) is 0. The quantitative estimate of drug-likeness (QED) is 0.847. The number of sulfonamides is 1. The maximum atomic E-state index is 14.0. The second-order valence-corrected chi connectivity index (χ2v) is 6.41. The lowest BCUT2D eigenvalue weighted by Crippen LogP contribution is -2.16. The van der Waals surface area contributed by atoms with E-state index in [-0.39, 0.29) is 22.0 Å². The Balaban J connectivity index is 2.51. The van der Waals surface area contributed by atoms with Crippen molar-refractivity contribution in [1.82, 2.24) is 0 Å². The van der Waals surface area contributed by atoms with Crippen molar-refractivity contribution in [2.24, 2.45) is 0 Å². The summed E-state index contributed by atoms with van der Waals surface area (Å²) in [5.74, 6) is -1.89. The molecule has 2 aromatic carbocycles. The van der Waals surface area contributed by atoms with E-state index in [2.05, 4.69) is 0 Å². The molecule has 0 saturated heterocycles. The van der Waals surface area contributed by atoms with E-state index in [1.54, 1.807) is 0 Å². The minimum absolute atomic E-state index is 0.0712. The van der Waals surface area contributed by atoms with Crippen LogP contribution in [0, 0.1) is 18.6 Å². The van der Waals surface area contributed by atoms with Crippen molar-refractivity contribution in [3.8, 4) is 0 Å². The zero-order chi connectivity index (χ0) is 15.8. The molecule has 0 saturated carbocycles. The van der Waals surface area contributed by atoms with Crippen LogP contribution in [-0.4, -0.2) is 8.42 Å². The van der Waals surface area contributed by atoms with E-state index in [9.17, 15) is 17.2 Å². The van der Waals surface area contributed by atoms with Crippen LogP contribution in [0.3, 0.4) is 0 Å². The number of anilines is 2. The number of halogens is 3. The first kappa shape index (κ1) is 15.5. The predicted octanol–water partition coefficient (Wildman–Crippen LogP) is 3.31. The van der Waals surface area contributed by atoms with E-state index >= 15 is 0 Å². The molecule has 21 heavy (non-hydrogen) atoms. The number of benzene rings is 2. The van der Waals surface area contributed by atoms with Crippen molar-refractivity contribution < 1.29 is 17.2 Å². The van der Waals surface area contributed by atoms with Gasteiger partial charge in [0.2, 0.25) is 0 Å². The molecule has 0 unspecified atom stereocenters. The van der Waals surface area contributed by atoms with Crippen molar-refractivity contribution in [3.05, 3.63) is 52.6 Å². The molecular formula is C13H11ClF2N2O2S. The number of aryl methyl sites for hydroxylation is 1. The molecule has 0 aliphatic rings. The highest BCUT2D eigenvalue weighted by molar-refractivity contribution is 7.92. The van der Waals surface area contributed by atoms with Crippen LogP contribution in [0.15, 0.2) is 35.2 Å². The van der Waals surface area contributed by atoms with Crippen molar-refractivity contribution in [3.63, 3.8) is 0 Å². The SMILES string of the molecule is Cc1cc(N)cc(S(=O)(=O)Nc2cccc(Cl)c2F)c1F. The van der Waals surface area contributed by atoms with Gasteiger partial charge in [-0.15, -0.1) is 0 Å². The molecule has 0 radical (unpaired) electrons. The molecule has 112 valence electrons. The molecule has 0 fully saturated rings. The highest BCUT2D eigenvalue weighted by Gasteiger charge is 2.23. The minimum atomic E-state index is -4.33. The highest BCUT2D eigenvalue weighted by atomic mass is 35.5. The second kappa shape index (κ2) is 5.50. The number of rotatable bonds is 3.